The number of morpholine rings is 1. The van der Waals surface area contributed by atoms with Crippen LogP contribution in [0.4, 0.5) is 5.82 Å². The summed E-state index contributed by atoms with van der Waals surface area (Å²) in [6.07, 6.45) is 5.59. The molecule has 2 N–H and O–H groups in total. The molecule has 27 heavy (non-hydrogen) atoms. The number of ether oxygens (including phenoxy) is 1. The highest BCUT2D eigenvalue weighted by atomic mass is 16.5. The van der Waals surface area contributed by atoms with E-state index in [0.717, 1.165) is 28.6 Å². The SMILES string of the molecule is CC1NCCOC1CC(=O)Nc1cc2cc(-c3cncn3C)ccc2cn1. The van der Waals surface area contributed by atoms with Gasteiger partial charge < -0.3 is 19.9 Å². The van der Waals surface area contributed by atoms with Gasteiger partial charge in [0.05, 0.1) is 37.3 Å². The van der Waals surface area contributed by atoms with Crippen LogP contribution in [0.25, 0.3) is 22.0 Å². The maximum absolute atomic E-state index is 12.4. The molecule has 0 spiro atoms. The van der Waals surface area contributed by atoms with E-state index >= 15 is 0 Å². The minimum atomic E-state index is -0.115. The second-order valence-corrected chi connectivity index (χ2v) is 6.93. The standard InChI is InChI=1S/C20H23N5O2/c1-13-18(27-6-5-22-13)9-20(26)24-19-8-16-7-14(3-4-15(16)10-23-19)17-11-21-12-25(17)2/h3-4,7-8,10-13,18,22H,5-6,9H2,1-2H3,(H,23,24,26). The molecule has 2 atom stereocenters. The molecular formula is C20H23N5O2. The van der Waals surface area contributed by atoms with E-state index in [-0.39, 0.29) is 18.1 Å². The molecule has 1 aromatic carbocycles. The van der Waals surface area contributed by atoms with Gasteiger partial charge in [-0.1, -0.05) is 12.1 Å². The first-order chi connectivity index (χ1) is 13.1. The molecule has 1 fully saturated rings. The Kier molecular flexibility index (Phi) is 4.87. The maximum Gasteiger partial charge on any atom is 0.228 e. The van der Waals surface area contributed by atoms with Crippen molar-refractivity contribution in [1.29, 1.82) is 0 Å². The van der Waals surface area contributed by atoms with Crippen LogP contribution < -0.4 is 10.6 Å². The number of aryl methyl sites for hydroxylation is 1. The summed E-state index contributed by atoms with van der Waals surface area (Å²) in [4.78, 5) is 20.9. The minimum Gasteiger partial charge on any atom is -0.375 e. The summed E-state index contributed by atoms with van der Waals surface area (Å²) >= 11 is 0. The lowest BCUT2D eigenvalue weighted by Gasteiger charge is -2.29. The lowest BCUT2D eigenvalue weighted by molar-refractivity contribution is -0.120. The first-order valence-corrected chi connectivity index (χ1v) is 9.11. The summed E-state index contributed by atoms with van der Waals surface area (Å²) in [5, 5.41) is 8.25. The van der Waals surface area contributed by atoms with Crippen LogP contribution in [0.1, 0.15) is 13.3 Å². The van der Waals surface area contributed by atoms with Crippen molar-refractivity contribution < 1.29 is 9.53 Å². The van der Waals surface area contributed by atoms with E-state index in [1.807, 2.05) is 42.9 Å². The molecule has 1 amide bonds. The van der Waals surface area contributed by atoms with E-state index in [1.165, 1.54) is 0 Å². The van der Waals surface area contributed by atoms with Crippen LogP contribution in [-0.4, -0.2) is 45.7 Å². The lowest BCUT2D eigenvalue weighted by Crippen LogP contribution is -2.47. The van der Waals surface area contributed by atoms with E-state index in [0.29, 0.717) is 18.8 Å². The molecule has 7 nitrogen and oxygen atoms in total. The number of amides is 1. The van der Waals surface area contributed by atoms with Crippen LogP contribution >= 0.6 is 0 Å². The number of fused-ring (bicyclic) bond motifs is 1. The van der Waals surface area contributed by atoms with Gasteiger partial charge in [-0.25, -0.2) is 9.97 Å². The van der Waals surface area contributed by atoms with Gasteiger partial charge >= 0.3 is 0 Å². The Morgan fingerprint density at radius 2 is 2.22 bits per heavy atom. The molecule has 2 aromatic heterocycles. The van der Waals surface area contributed by atoms with Crippen molar-refractivity contribution in [3.63, 3.8) is 0 Å². The molecule has 3 aromatic rings. The first kappa shape index (κ1) is 17.6. The molecule has 2 unspecified atom stereocenters. The number of carbonyl (C=O) groups excluding carboxylic acids is 1. The van der Waals surface area contributed by atoms with E-state index in [1.54, 1.807) is 12.5 Å². The molecule has 7 heteroatoms. The van der Waals surface area contributed by atoms with Crippen molar-refractivity contribution in [2.24, 2.45) is 7.05 Å². The highest BCUT2D eigenvalue weighted by Crippen LogP contribution is 2.25. The van der Waals surface area contributed by atoms with Crippen molar-refractivity contribution >= 4 is 22.5 Å². The number of hydrogen-bond acceptors (Lipinski definition) is 5. The first-order valence-electron chi connectivity index (χ1n) is 9.11. The summed E-state index contributed by atoms with van der Waals surface area (Å²) in [5.41, 5.74) is 2.11. The average molecular weight is 365 g/mol. The van der Waals surface area contributed by atoms with Gasteiger partial charge in [-0.3, -0.25) is 4.79 Å². The zero-order valence-electron chi connectivity index (χ0n) is 15.5. The van der Waals surface area contributed by atoms with Crippen molar-refractivity contribution in [2.75, 3.05) is 18.5 Å². The number of nitrogens with one attached hydrogen (secondary N) is 2. The fraction of sp³-hybridized carbons (Fsp3) is 0.350. The summed E-state index contributed by atoms with van der Waals surface area (Å²) in [6, 6.07) is 8.22. The van der Waals surface area contributed by atoms with Gasteiger partial charge in [-0.05, 0) is 24.4 Å². The molecule has 0 aliphatic carbocycles. The Morgan fingerprint density at radius 1 is 1.33 bits per heavy atom. The highest BCUT2D eigenvalue weighted by Gasteiger charge is 2.24. The van der Waals surface area contributed by atoms with Crippen LogP contribution in [0.5, 0.6) is 0 Å². The van der Waals surface area contributed by atoms with Gasteiger partial charge in [0.2, 0.25) is 5.91 Å². The minimum absolute atomic E-state index is 0.0924. The molecule has 0 bridgehead atoms. The molecular weight excluding hydrogens is 342 g/mol. The zero-order valence-corrected chi connectivity index (χ0v) is 15.5. The van der Waals surface area contributed by atoms with E-state index < -0.39 is 0 Å². The number of imidazole rings is 1. The lowest BCUT2D eigenvalue weighted by atomic mass is 10.1. The Labute approximate surface area is 157 Å². The second kappa shape index (κ2) is 7.46. The molecule has 3 heterocycles. The van der Waals surface area contributed by atoms with Crippen molar-refractivity contribution in [2.45, 2.75) is 25.5 Å². The monoisotopic (exact) mass is 365 g/mol. The summed E-state index contributed by atoms with van der Waals surface area (Å²) in [7, 11) is 1.97. The Balaban J connectivity index is 1.52. The molecule has 0 saturated carbocycles. The second-order valence-electron chi connectivity index (χ2n) is 6.93. The maximum atomic E-state index is 12.4. The van der Waals surface area contributed by atoms with Gasteiger partial charge in [-0.15, -0.1) is 0 Å². The number of rotatable bonds is 4. The van der Waals surface area contributed by atoms with Crippen molar-refractivity contribution in [3.8, 4) is 11.3 Å². The van der Waals surface area contributed by atoms with Gasteiger partial charge in [0.25, 0.3) is 0 Å². The molecule has 1 aliphatic heterocycles. The molecule has 1 saturated heterocycles. The smallest absolute Gasteiger partial charge is 0.228 e. The van der Waals surface area contributed by atoms with Crippen LogP contribution in [0, 0.1) is 0 Å². The third-order valence-corrected chi connectivity index (χ3v) is 4.95. The number of benzene rings is 1. The summed E-state index contributed by atoms with van der Waals surface area (Å²) in [6.45, 7) is 3.49. The predicted molar refractivity (Wildman–Crippen MR) is 104 cm³/mol. The van der Waals surface area contributed by atoms with Gasteiger partial charge in [0.1, 0.15) is 5.82 Å². The van der Waals surface area contributed by atoms with Crippen LogP contribution in [0.3, 0.4) is 0 Å². The van der Waals surface area contributed by atoms with Crippen molar-refractivity contribution in [1.82, 2.24) is 19.9 Å². The number of nitrogens with zero attached hydrogens (tertiary/aromatic N) is 3. The quantitative estimate of drug-likeness (QED) is 0.742. The number of pyridine rings is 1. The topological polar surface area (TPSA) is 81.1 Å². The summed E-state index contributed by atoms with van der Waals surface area (Å²) in [5.74, 6) is 0.455. The third-order valence-electron chi connectivity index (χ3n) is 4.95. The number of aromatic nitrogens is 3. The zero-order chi connectivity index (χ0) is 18.8. The third kappa shape index (κ3) is 3.84. The number of hydrogen-bond donors (Lipinski definition) is 2. The Bertz CT molecular complexity index is 968. The Hall–Kier alpha value is -2.77. The Morgan fingerprint density at radius 3 is 3.00 bits per heavy atom. The fourth-order valence-electron chi connectivity index (χ4n) is 3.39. The van der Waals surface area contributed by atoms with Crippen LogP contribution in [-0.2, 0) is 16.6 Å². The van der Waals surface area contributed by atoms with Crippen LogP contribution in [0.2, 0.25) is 0 Å². The van der Waals surface area contributed by atoms with E-state index in [4.69, 9.17) is 4.74 Å². The molecule has 1 aliphatic rings. The molecule has 0 radical (unpaired) electrons. The number of carbonyl (C=O) groups is 1. The summed E-state index contributed by atoms with van der Waals surface area (Å²) < 4.78 is 7.66. The van der Waals surface area contributed by atoms with Gasteiger partial charge in [-0.2, -0.15) is 0 Å². The van der Waals surface area contributed by atoms with E-state index in [9.17, 15) is 4.79 Å². The molecule has 4 rings (SSSR count). The van der Waals surface area contributed by atoms with E-state index in [2.05, 4.69) is 26.7 Å². The van der Waals surface area contributed by atoms with Gasteiger partial charge in [0.15, 0.2) is 0 Å². The highest BCUT2D eigenvalue weighted by molar-refractivity contribution is 5.94. The fourth-order valence-corrected chi connectivity index (χ4v) is 3.39. The normalized spacial score (nSPS) is 19.9. The number of anilines is 1. The average Bonchev–Trinajstić information content (AvgIpc) is 3.09. The van der Waals surface area contributed by atoms with Crippen molar-refractivity contribution in [3.05, 3.63) is 43.0 Å². The van der Waals surface area contributed by atoms with Crippen LogP contribution in [0.15, 0.2) is 43.0 Å². The largest absolute Gasteiger partial charge is 0.375 e. The molecule has 140 valence electrons. The van der Waals surface area contributed by atoms with Gasteiger partial charge in [0, 0.05) is 36.8 Å². The predicted octanol–water partition coefficient (Wildman–Crippen LogP) is 2.34.